The van der Waals surface area contributed by atoms with E-state index < -0.39 is 4.92 Å². The number of methoxy groups -OCH3 is 1. The predicted molar refractivity (Wildman–Crippen MR) is 126 cm³/mol. The van der Waals surface area contributed by atoms with Crippen molar-refractivity contribution in [2.75, 3.05) is 13.7 Å². The lowest BCUT2D eigenvalue weighted by atomic mass is 10.1. The van der Waals surface area contributed by atoms with E-state index in [4.69, 9.17) is 13.9 Å². The van der Waals surface area contributed by atoms with Gasteiger partial charge in [-0.2, -0.15) is 0 Å². The van der Waals surface area contributed by atoms with Crippen LogP contribution in [0.1, 0.15) is 12.7 Å². The van der Waals surface area contributed by atoms with Gasteiger partial charge in [0.1, 0.15) is 23.0 Å². The number of aliphatic imine (C=N–C) groups is 1. The van der Waals surface area contributed by atoms with Crippen LogP contribution in [0.2, 0.25) is 0 Å². The second-order valence-electron chi connectivity index (χ2n) is 6.75. The van der Waals surface area contributed by atoms with Crippen molar-refractivity contribution in [2.24, 2.45) is 4.99 Å². The number of nitrogens with zero attached hydrogens (tertiary/aromatic N) is 2. The Morgan fingerprint density at radius 1 is 1.18 bits per heavy atom. The van der Waals surface area contributed by atoms with E-state index in [2.05, 4.69) is 10.3 Å². The van der Waals surface area contributed by atoms with E-state index in [1.807, 2.05) is 19.1 Å². The Labute approximate surface area is 193 Å². The Morgan fingerprint density at radius 2 is 1.97 bits per heavy atom. The Balaban J connectivity index is 1.54. The number of furan rings is 1. The molecule has 1 amide bonds. The number of ether oxygens (including phenoxy) is 2. The zero-order chi connectivity index (χ0) is 23.4. The number of nitro groups is 1. The molecule has 1 fully saturated rings. The maximum Gasteiger partial charge on any atom is 0.270 e. The molecule has 10 heteroatoms. The predicted octanol–water partition coefficient (Wildman–Crippen LogP) is 5.15. The summed E-state index contributed by atoms with van der Waals surface area (Å²) >= 11 is 1.19. The van der Waals surface area contributed by atoms with E-state index >= 15 is 0 Å². The number of carbonyl (C=O) groups excluding carboxylic acids is 1. The SMILES string of the molecule is CCOc1ccc(N=C2NC(=O)/C(=C\c3ccc(-c4cc([N+](=O)[O-])ccc4OC)o3)S2)cc1. The summed E-state index contributed by atoms with van der Waals surface area (Å²) in [5.74, 6) is 1.69. The van der Waals surface area contributed by atoms with Crippen molar-refractivity contribution in [3.8, 4) is 22.8 Å². The highest BCUT2D eigenvalue weighted by molar-refractivity contribution is 8.18. The monoisotopic (exact) mass is 465 g/mol. The second-order valence-corrected chi connectivity index (χ2v) is 7.78. The largest absolute Gasteiger partial charge is 0.496 e. The number of rotatable bonds is 7. The van der Waals surface area contributed by atoms with Crippen LogP contribution in [0.15, 0.2) is 68.9 Å². The first-order chi connectivity index (χ1) is 16.0. The van der Waals surface area contributed by atoms with Gasteiger partial charge in [0.2, 0.25) is 0 Å². The first kappa shape index (κ1) is 22.2. The van der Waals surface area contributed by atoms with Crippen LogP contribution in [0.4, 0.5) is 11.4 Å². The molecule has 1 saturated heterocycles. The molecule has 2 heterocycles. The highest BCUT2D eigenvalue weighted by Gasteiger charge is 2.24. The van der Waals surface area contributed by atoms with Crippen LogP contribution < -0.4 is 14.8 Å². The summed E-state index contributed by atoms with van der Waals surface area (Å²) in [5.41, 5.74) is 1.04. The summed E-state index contributed by atoms with van der Waals surface area (Å²) in [6, 6.07) is 14.8. The minimum atomic E-state index is -0.487. The van der Waals surface area contributed by atoms with E-state index in [0.717, 1.165) is 5.75 Å². The molecule has 9 nitrogen and oxygen atoms in total. The molecule has 0 radical (unpaired) electrons. The third-order valence-electron chi connectivity index (χ3n) is 4.59. The molecule has 4 rings (SSSR count). The Morgan fingerprint density at radius 3 is 2.67 bits per heavy atom. The summed E-state index contributed by atoms with van der Waals surface area (Å²) in [7, 11) is 1.47. The topological polar surface area (TPSA) is 116 Å². The molecule has 2 aromatic carbocycles. The van der Waals surface area contributed by atoms with Gasteiger partial charge in [-0.05, 0) is 61.2 Å². The van der Waals surface area contributed by atoms with E-state index in [9.17, 15) is 14.9 Å². The van der Waals surface area contributed by atoms with Gasteiger partial charge in [-0.25, -0.2) is 4.99 Å². The van der Waals surface area contributed by atoms with E-state index in [-0.39, 0.29) is 11.6 Å². The van der Waals surface area contributed by atoms with Gasteiger partial charge in [0.15, 0.2) is 5.17 Å². The van der Waals surface area contributed by atoms with Crippen LogP contribution in [-0.4, -0.2) is 29.7 Å². The lowest BCUT2D eigenvalue weighted by Crippen LogP contribution is -2.19. The number of hydrogen-bond donors (Lipinski definition) is 1. The molecule has 1 aliphatic heterocycles. The number of benzene rings is 2. The quantitative estimate of drug-likeness (QED) is 0.291. The third-order valence-corrected chi connectivity index (χ3v) is 5.50. The van der Waals surface area contributed by atoms with Crippen molar-refractivity contribution in [3.63, 3.8) is 0 Å². The number of hydrogen-bond acceptors (Lipinski definition) is 8. The van der Waals surface area contributed by atoms with Crippen molar-refractivity contribution in [2.45, 2.75) is 6.92 Å². The van der Waals surface area contributed by atoms with Crippen LogP contribution in [0, 0.1) is 10.1 Å². The van der Waals surface area contributed by atoms with Crippen molar-refractivity contribution >= 4 is 40.3 Å². The normalized spacial score (nSPS) is 15.6. The van der Waals surface area contributed by atoms with Crippen molar-refractivity contribution < 1.29 is 23.6 Å². The van der Waals surface area contributed by atoms with Crippen LogP contribution in [-0.2, 0) is 4.79 Å². The lowest BCUT2D eigenvalue weighted by Gasteiger charge is -2.05. The fourth-order valence-electron chi connectivity index (χ4n) is 3.09. The van der Waals surface area contributed by atoms with E-state index in [0.29, 0.717) is 45.2 Å². The molecular weight excluding hydrogens is 446 g/mol. The van der Waals surface area contributed by atoms with Crippen molar-refractivity contribution in [3.05, 3.63) is 75.4 Å². The standard InChI is InChI=1S/C23H19N3O6S/c1-3-31-16-7-4-14(5-8-16)24-23-25-22(27)21(33-23)13-17-9-11-20(32-17)18-12-15(26(28)29)6-10-19(18)30-2/h4-13H,3H2,1-2H3,(H,24,25,27)/b21-13+. The highest BCUT2D eigenvalue weighted by atomic mass is 32.2. The molecule has 33 heavy (non-hydrogen) atoms. The molecule has 1 aliphatic rings. The van der Waals surface area contributed by atoms with Gasteiger partial charge in [-0.1, -0.05) is 0 Å². The van der Waals surface area contributed by atoms with E-state index in [1.165, 1.54) is 37.1 Å². The second kappa shape index (κ2) is 9.61. The van der Waals surface area contributed by atoms with Gasteiger partial charge in [0.05, 0.1) is 34.8 Å². The number of amidine groups is 1. The smallest absolute Gasteiger partial charge is 0.270 e. The molecule has 0 spiro atoms. The zero-order valence-corrected chi connectivity index (χ0v) is 18.5. The fraction of sp³-hybridized carbons (Fsp3) is 0.130. The summed E-state index contributed by atoms with van der Waals surface area (Å²) in [6.07, 6.45) is 1.59. The number of non-ortho nitro benzene ring substituents is 1. The van der Waals surface area contributed by atoms with Crippen molar-refractivity contribution in [1.82, 2.24) is 5.32 Å². The first-order valence-electron chi connectivity index (χ1n) is 9.92. The van der Waals surface area contributed by atoms with Gasteiger partial charge < -0.3 is 19.2 Å². The lowest BCUT2D eigenvalue weighted by molar-refractivity contribution is -0.384. The fourth-order valence-corrected chi connectivity index (χ4v) is 3.91. The molecule has 0 aliphatic carbocycles. The third kappa shape index (κ3) is 5.07. The van der Waals surface area contributed by atoms with Crippen LogP contribution in [0.25, 0.3) is 17.4 Å². The van der Waals surface area contributed by atoms with Crippen LogP contribution >= 0.6 is 11.8 Å². The number of carbonyl (C=O) groups is 1. The Kier molecular flexibility index (Phi) is 6.45. The molecule has 3 aromatic rings. The molecule has 0 unspecified atom stereocenters. The Bertz CT molecular complexity index is 1260. The molecule has 1 N–H and O–H groups in total. The zero-order valence-electron chi connectivity index (χ0n) is 17.7. The highest BCUT2D eigenvalue weighted by Crippen LogP contribution is 2.36. The number of nitro benzene ring substituents is 1. The Hall–Kier alpha value is -4.05. The van der Waals surface area contributed by atoms with Gasteiger partial charge in [0.25, 0.3) is 11.6 Å². The summed E-state index contributed by atoms with van der Waals surface area (Å²) in [6.45, 7) is 2.49. The molecule has 1 aromatic heterocycles. The molecule has 0 saturated carbocycles. The minimum Gasteiger partial charge on any atom is -0.496 e. The van der Waals surface area contributed by atoms with Gasteiger partial charge >= 0.3 is 0 Å². The summed E-state index contributed by atoms with van der Waals surface area (Å²) < 4.78 is 16.5. The molecule has 168 valence electrons. The molecule has 0 atom stereocenters. The molecule has 0 bridgehead atoms. The van der Waals surface area contributed by atoms with Gasteiger partial charge in [-0.3, -0.25) is 14.9 Å². The number of amides is 1. The minimum absolute atomic E-state index is 0.0806. The number of nitrogens with one attached hydrogen (secondary N) is 1. The van der Waals surface area contributed by atoms with Crippen molar-refractivity contribution in [1.29, 1.82) is 0 Å². The van der Waals surface area contributed by atoms with Crippen LogP contribution in [0.5, 0.6) is 11.5 Å². The average molecular weight is 465 g/mol. The molecular formula is C23H19N3O6S. The van der Waals surface area contributed by atoms with Gasteiger partial charge in [0, 0.05) is 18.2 Å². The van der Waals surface area contributed by atoms with Gasteiger partial charge in [-0.15, -0.1) is 0 Å². The maximum absolute atomic E-state index is 12.4. The average Bonchev–Trinajstić information content (AvgIpc) is 3.41. The van der Waals surface area contributed by atoms with Crippen LogP contribution in [0.3, 0.4) is 0 Å². The first-order valence-corrected chi connectivity index (χ1v) is 10.7. The van der Waals surface area contributed by atoms with E-state index in [1.54, 1.807) is 30.3 Å². The summed E-state index contributed by atoms with van der Waals surface area (Å²) in [4.78, 5) is 27.9. The number of thioether (sulfide) groups is 1. The maximum atomic E-state index is 12.4. The summed E-state index contributed by atoms with van der Waals surface area (Å²) in [5, 5.41) is 14.3.